The first-order valence-corrected chi connectivity index (χ1v) is 6.76. The average Bonchev–Trinajstić information content (AvgIpc) is 3.05. The standard InChI is InChI=1S/C10H20N2O2S/c1-15-7-4-9(11)10(14)12(5-6-13)8-2-3-8/h8-9,13H,2-7,11H2,1H3/t9-/m1/s1. The van der Waals surface area contributed by atoms with Crippen LogP contribution in [-0.2, 0) is 4.79 Å². The summed E-state index contributed by atoms with van der Waals surface area (Å²) in [4.78, 5) is 13.6. The molecule has 3 N–H and O–H groups in total. The van der Waals surface area contributed by atoms with Crippen molar-refractivity contribution in [1.29, 1.82) is 0 Å². The Hall–Kier alpha value is -0.260. The van der Waals surface area contributed by atoms with E-state index in [1.807, 2.05) is 6.26 Å². The fourth-order valence-corrected chi connectivity index (χ4v) is 2.04. The lowest BCUT2D eigenvalue weighted by Crippen LogP contribution is -2.46. The summed E-state index contributed by atoms with van der Waals surface area (Å²) >= 11 is 1.70. The van der Waals surface area contributed by atoms with Crippen molar-refractivity contribution in [2.24, 2.45) is 5.73 Å². The van der Waals surface area contributed by atoms with Gasteiger partial charge in [-0.1, -0.05) is 0 Å². The molecule has 1 atom stereocenters. The van der Waals surface area contributed by atoms with Crippen molar-refractivity contribution < 1.29 is 9.90 Å². The molecule has 0 bridgehead atoms. The predicted octanol–water partition coefficient (Wildman–Crippen LogP) is 0.0501. The monoisotopic (exact) mass is 232 g/mol. The summed E-state index contributed by atoms with van der Waals surface area (Å²) in [6.45, 7) is 0.452. The molecule has 4 nitrogen and oxygen atoms in total. The summed E-state index contributed by atoms with van der Waals surface area (Å²) < 4.78 is 0. The molecule has 0 unspecified atom stereocenters. The topological polar surface area (TPSA) is 66.6 Å². The molecule has 1 fully saturated rings. The number of amides is 1. The van der Waals surface area contributed by atoms with Crippen LogP contribution < -0.4 is 5.73 Å². The van der Waals surface area contributed by atoms with E-state index in [4.69, 9.17) is 10.8 Å². The molecule has 0 aromatic rings. The molecule has 1 saturated carbocycles. The lowest BCUT2D eigenvalue weighted by Gasteiger charge is -2.24. The Labute approximate surface area is 95.2 Å². The van der Waals surface area contributed by atoms with Crippen LogP contribution >= 0.6 is 11.8 Å². The lowest BCUT2D eigenvalue weighted by molar-refractivity contribution is -0.133. The second kappa shape index (κ2) is 6.35. The van der Waals surface area contributed by atoms with Crippen molar-refractivity contribution >= 4 is 17.7 Å². The van der Waals surface area contributed by atoms with E-state index in [2.05, 4.69) is 0 Å². The number of carbonyl (C=O) groups excluding carboxylic acids is 1. The van der Waals surface area contributed by atoms with E-state index in [-0.39, 0.29) is 12.5 Å². The SMILES string of the molecule is CSCC[C@@H](N)C(=O)N(CCO)C1CC1. The smallest absolute Gasteiger partial charge is 0.239 e. The summed E-state index contributed by atoms with van der Waals surface area (Å²) in [5.41, 5.74) is 5.81. The van der Waals surface area contributed by atoms with Crippen LogP contribution in [0, 0.1) is 0 Å². The van der Waals surface area contributed by atoms with Gasteiger partial charge in [-0.15, -0.1) is 0 Å². The molecule has 1 aliphatic carbocycles. The Morgan fingerprint density at radius 3 is 2.80 bits per heavy atom. The van der Waals surface area contributed by atoms with Gasteiger partial charge in [-0.3, -0.25) is 4.79 Å². The van der Waals surface area contributed by atoms with Crippen molar-refractivity contribution in [2.75, 3.05) is 25.2 Å². The summed E-state index contributed by atoms with van der Waals surface area (Å²) in [5.74, 6) is 0.908. The highest BCUT2D eigenvalue weighted by molar-refractivity contribution is 7.98. The van der Waals surface area contributed by atoms with Gasteiger partial charge in [0.1, 0.15) is 0 Å². The molecule has 1 aliphatic rings. The van der Waals surface area contributed by atoms with E-state index in [9.17, 15) is 4.79 Å². The Balaban J connectivity index is 2.39. The zero-order valence-electron chi connectivity index (χ0n) is 9.19. The number of aliphatic hydroxyl groups is 1. The maximum Gasteiger partial charge on any atom is 0.239 e. The summed E-state index contributed by atoms with van der Waals surface area (Å²) in [5, 5.41) is 8.88. The maximum absolute atomic E-state index is 11.9. The van der Waals surface area contributed by atoms with E-state index < -0.39 is 6.04 Å². The first-order chi connectivity index (χ1) is 7.20. The van der Waals surface area contributed by atoms with Gasteiger partial charge in [-0.2, -0.15) is 11.8 Å². The summed E-state index contributed by atoms with van der Waals surface area (Å²) in [7, 11) is 0. The zero-order chi connectivity index (χ0) is 11.3. The van der Waals surface area contributed by atoms with Gasteiger partial charge in [0.15, 0.2) is 0 Å². The highest BCUT2D eigenvalue weighted by Crippen LogP contribution is 2.27. The minimum atomic E-state index is -0.399. The Bertz CT molecular complexity index is 210. The molecule has 15 heavy (non-hydrogen) atoms. The summed E-state index contributed by atoms with van der Waals surface area (Å²) in [6.07, 6.45) is 4.83. The van der Waals surface area contributed by atoms with E-state index >= 15 is 0 Å². The molecule has 0 saturated heterocycles. The van der Waals surface area contributed by atoms with Crippen LogP contribution in [0.25, 0.3) is 0 Å². The molecule has 88 valence electrons. The van der Waals surface area contributed by atoms with Crippen molar-refractivity contribution in [3.05, 3.63) is 0 Å². The number of thioether (sulfide) groups is 1. The number of carbonyl (C=O) groups is 1. The number of hydrogen-bond acceptors (Lipinski definition) is 4. The van der Waals surface area contributed by atoms with Gasteiger partial charge < -0.3 is 15.7 Å². The van der Waals surface area contributed by atoms with Gasteiger partial charge in [0.2, 0.25) is 5.91 Å². The van der Waals surface area contributed by atoms with Crippen LogP contribution in [0.3, 0.4) is 0 Å². The first kappa shape index (κ1) is 12.8. The molecule has 0 aromatic carbocycles. The van der Waals surface area contributed by atoms with Gasteiger partial charge in [0.25, 0.3) is 0 Å². The Morgan fingerprint density at radius 2 is 2.33 bits per heavy atom. The fourth-order valence-electron chi connectivity index (χ4n) is 1.55. The van der Waals surface area contributed by atoms with Crippen molar-refractivity contribution in [3.63, 3.8) is 0 Å². The van der Waals surface area contributed by atoms with Crippen LogP contribution in [0.1, 0.15) is 19.3 Å². The quantitative estimate of drug-likeness (QED) is 0.651. The molecule has 0 heterocycles. The van der Waals surface area contributed by atoms with Crippen LogP contribution in [0.4, 0.5) is 0 Å². The third-order valence-electron chi connectivity index (χ3n) is 2.56. The molecule has 5 heteroatoms. The Morgan fingerprint density at radius 1 is 1.67 bits per heavy atom. The second-order valence-electron chi connectivity index (χ2n) is 3.87. The number of aliphatic hydroxyl groups excluding tert-OH is 1. The molecule has 1 amide bonds. The fraction of sp³-hybridized carbons (Fsp3) is 0.900. The van der Waals surface area contributed by atoms with Crippen LogP contribution in [0.5, 0.6) is 0 Å². The van der Waals surface area contributed by atoms with Crippen molar-refractivity contribution in [3.8, 4) is 0 Å². The normalized spacial score (nSPS) is 17.5. The van der Waals surface area contributed by atoms with Gasteiger partial charge in [0.05, 0.1) is 12.6 Å². The van der Waals surface area contributed by atoms with Crippen LogP contribution in [-0.4, -0.2) is 53.2 Å². The molecule has 1 rings (SSSR count). The largest absolute Gasteiger partial charge is 0.395 e. The molecule has 0 aromatic heterocycles. The number of nitrogens with zero attached hydrogens (tertiary/aromatic N) is 1. The minimum Gasteiger partial charge on any atom is -0.395 e. The molecular formula is C10H20N2O2S. The lowest BCUT2D eigenvalue weighted by atomic mass is 10.2. The highest BCUT2D eigenvalue weighted by Gasteiger charge is 2.33. The van der Waals surface area contributed by atoms with E-state index in [0.29, 0.717) is 19.0 Å². The number of nitrogens with two attached hydrogens (primary N) is 1. The molecule has 0 spiro atoms. The first-order valence-electron chi connectivity index (χ1n) is 5.36. The number of hydrogen-bond donors (Lipinski definition) is 2. The third-order valence-corrected chi connectivity index (χ3v) is 3.21. The van der Waals surface area contributed by atoms with Gasteiger partial charge >= 0.3 is 0 Å². The summed E-state index contributed by atoms with van der Waals surface area (Å²) in [6, 6.07) is -0.0606. The molecule has 0 aliphatic heterocycles. The molecule has 0 radical (unpaired) electrons. The van der Waals surface area contributed by atoms with Crippen LogP contribution in [0.15, 0.2) is 0 Å². The van der Waals surface area contributed by atoms with E-state index in [1.54, 1.807) is 16.7 Å². The van der Waals surface area contributed by atoms with Crippen molar-refractivity contribution in [1.82, 2.24) is 4.90 Å². The minimum absolute atomic E-state index is 0.000556. The number of rotatable bonds is 7. The van der Waals surface area contributed by atoms with Gasteiger partial charge in [0, 0.05) is 12.6 Å². The third kappa shape index (κ3) is 4.01. The highest BCUT2D eigenvalue weighted by atomic mass is 32.2. The van der Waals surface area contributed by atoms with Gasteiger partial charge in [-0.05, 0) is 31.3 Å². The Kier molecular flexibility index (Phi) is 5.42. The second-order valence-corrected chi connectivity index (χ2v) is 4.86. The molecular weight excluding hydrogens is 212 g/mol. The van der Waals surface area contributed by atoms with E-state index in [1.165, 1.54) is 0 Å². The average molecular weight is 232 g/mol. The van der Waals surface area contributed by atoms with Gasteiger partial charge in [-0.25, -0.2) is 0 Å². The predicted molar refractivity (Wildman–Crippen MR) is 62.8 cm³/mol. The van der Waals surface area contributed by atoms with Crippen molar-refractivity contribution in [2.45, 2.75) is 31.3 Å². The maximum atomic E-state index is 11.9. The zero-order valence-corrected chi connectivity index (χ0v) is 10.0. The van der Waals surface area contributed by atoms with E-state index in [0.717, 1.165) is 18.6 Å². The van der Waals surface area contributed by atoms with Crippen LogP contribution in [0.2, 0.25) is 0 Å².